The molecule has 2 N–H and O–H groups in total. The van der Waals surface area contributed by atoms with E-state index in [1.807, 2.05) is 0 Å². The van der Waals surface area contributed by atoms with Crippen molar-refractivity contribution in [2.45, 2.75) is 37.7 Å². The molecule has 36 heavy (non-hydrogen) atoms. The number of imidazole rings is 1. The van der Waals surface area contributed by atoms with Crippen LogP contribution in [0.1, 0.15) is 54.0 Å². The summed E-state index contributed by atoms with van der Waals surface area (Å²) in [5, 5.41) is 18.4. The van der Waals surface area contributed by atoms with Crippen molar-refractivity contribution in [2.24, 2.45) is 14.1 Å². The van der Waals surface area contributed by atoms with Gasteiger partial charge in [0.2, 0.25) is 5.88 Å². The number of nitrogens with one attached hydrogen (secondary N) is 1. The van der Waals surface area contributed by atoms with Gasteiger partial charge >= 0.3 is 5.97 Å². The lowest BCUT2D eigenvalue weighted by Gasteiger charge is -2.22. The van der Waals surface area contributed by atoms with Crippen molar-refractivity contribution in [3.63, 3.8) is 0 Å². The quantitative estimate of drug-likeness (QED) is 0.438. The van der Waals surface area contributed by atoms with Crippen LogP contribution in [0.5, 0.6) is 5.88 Å². The number of amides is 1. The molecule has 0 aliphatic heterocycles. The molecule has 2 unspecified atom stereocenters. The maximum absolute atomic E-state index is 13.5. The van der Waals surface area contributed by atoms with E-state index in [1.165, 1.54) is 22.9 Å². The van der Waals surface area contributed by atoms with Gasteiger partial charge in [0.05, 0.1) is 29.3 Å². The Morgan fingerprint density at radius 3 is 2.83 bits per heavy atom. The van der Waals surface area contributed by atoms with E-state index < -0.39 is 23.3 Å². The number of carbonyl (C=O) groups is 2. The van der Waals surface area contributed by atoms with Crippen LogP contribution in [0.2, 0.25) is 5.02 Å². The average Bonchev–Trinajstić information content (AvgIpc) is 3.52. The third-order valence-corrected chi connectivity index (χ3v) is 6.50. The van der Waals surface area contributed by atoms with Gasteiger partial charge in [0.1, 0.15) is 17.1 Å². The van der Waals surface area contributed by atoms with Crippen LogP contribution in [0.25, 0.3) is 0 Å². The summed E-state index contributed by atoms with van der Waals surface area (Å²) in [4.78, 5) is 29.1. The van der Waals surface area contributed by atoms with Gasteiger partial charge in [0.25, 0.3) is 5.91 Å². The second kappa shape index (κ2) is 10.3. The Kier molecular flexibility index (Phi) is 7.32. The van der Waals surface area contributed by atoms with E-state index in [2.05, 4.69) is 15.4 Å². The standard InChI is InChI=1S/C24H27ClFN5O5/c1-4-35-20(32)12-36-19-10-18(31(3)29-19)24(34)8-7-14(11-24)21-22(30(2)13-27-21)23(33)28-15-5-6-17(26)16(25)9-15/h5-6,9-10,13-14,34H,4,7-8,11-12H2,1-3H3,(H,28,33). The number of ether oxygens (including phenoxy) is 2. The summed E-state index contributed by atoms with van der Waals surface area (Å²) in [5.41, 5.74) is 0.556. The Hall–Kier alpha value is -3.44. The monoisotopic (exact) mass is 519 g/mol. The zero-order valence-electron chi connectivity index (χ0n) is 20.1. The molecular formula is C24H27ClFN5O5. The number of benzene rings is 1. The van der Waals surface area contributed by atoms with E-state index >= 15 is 0 Å². The second-order valence-electron chi connectivity index (χ2n) is 8.73. The molecule has 1 fully saturated rings. The van der Waals surface area contributed by atoms with E-state index in [4.69, 9.17) is 21.1 Å². The molecular weight excluding hydrogens is 493 g/mol. The van der Waals surface area contributed by atoms with Crippen molar-refractivity contribution in [1.29, 1.82) is 0 Å². The summed E-state index contributed by atoms with van der Waals surface area (Å²) in [5.74, 6) is -1.50. The van der Waals surface area contributed by atoms with E-state index in [1.54, 1.807) is 38.0 Å². The molecule has 192 valence electrons. The average molecular weight is 520 g/mol. The van der Waals surface area contributed by atoms with Crippen molar-refractivity contribution >= 4 is 29.2 Å². The van der Waals surface area contributed by atoms with Gasteiger partial charge in [-0.25, -0.2) is 14.2 Å². The van der Waals surface area contributed by atoms with Gasteiger partial charge in [-0.05, 0) is 44.4 Å². The molecule has 4 rings (SSSR count). The number of rotatable bonds is 8. The number of carbonyl (C=O) groups excluding carboxylic acids is 2. The number of aromatic nitrogens is 4. The van der Waals surface area contributed by atoms with Gasteiger partial charge in [0.15, 0.2) is 6.61 Å². The molecule has 0 saturated heterocycles. The van der Waals surface area contributed by atoms with Crippen molar-refractivity contribution < 1.29 is 28.6 Å². The fraction of sp³-hybridized carbons (Fsp3) is 0.417. The zero-order chi connectivity index (χ0) is 26.0. The third kappa shape index (κ3) is 5.21. The SMILES string of the molecule is CCOC(=O)COc1cc(C2(O)CCC(c3ncn(C)c3C(=O)Nc3ccc(F)c(Cl)c3)C2)n(C)n1. The number of hydrogen-bond donors (Lipinski definition) is 2. The summed E-state index contributed by atoms with van der Waals surface area (Å²) in [6.45, 7) is 1.68. The highest BCUT2D eigenvalue weighted by Crippen LogP contribution is 2.47. The highest BCUT2D eigenvalue weighted by molar-refractivity contribution is 6.31. The number of halogens is 2. The van der Waals surface area contributed by atoms with E-state index in [0.29, 0.717) is 42.0 Å². The van der Waals surface area contributed by atoms with Crippen molar-refractivity contribution in [2.75, 3.05) is 18.5 Å². The highest BCUT2D eigenvalue weighted by atomic mass is 35.5. The molecule has 12 heteroatoms. The summed E-state index contributed by atoms with van der Waals surface area (Å²) in [7, 11) is 3.39. The summed E-state index contributed by atoms with van der Waals surface area (Å²) >= 11 is 5.83. The largest absolute Gasteiger partial charge is 0.465 e. The van der Waals surface area contributed by atoms with E-state index in [-0.39, 0.29) is 30.0 Å². The van der Waals surface area contributed by atoms with Crippen LogP contribution in [0, 0.1) is 5.82 Å². The molecule has 10 nitrogen and oxygen atoms in total. The van der Waals surface area contributed by atoms with Gasteiger partial charge in [-0.15, -0.1) is 5.10 Å². The predicted molar refractivity (Wildman–Crippen MR) is 128 cm³/mol. The lowest BCUT2D eigenvalue weighted by Crippen LogP contribution is -2.25. The minimum Gasteiger partial charge on any atom is -0.465 e. The Labute approximate surface area is 212 Å². The van der Waals surface area contributed by atoms with Crippen molar-refractivity contribution in [3.05, 3.63) is 58.5 Å². The minimum absolute atomic E-state index is 0.0966. The first kappa shape index (κ1) is 25.6. The van der Waals surface area contributed by atoms with Crippen molar-refractivity contribution in [3.8, 4) is 5.88 Å². The van der Waals surface area contributed by atoms with Gasteiger partial charge < -0.3 is 24.5 Å². The molecule has 2 aromatic heterocycles. The highest BCUT2D eigenvalue weighted by Gasteiger charge is 2.44. The first-order chi connectivity index (χ1) is 17.1. The molecule has 1 saturated carbocycles. The number of aliphatic hydroxyl groups is 1. The van der Waals surface area contributed by atoms with Crippen LogP contribution in [-0.2, 0) is 29.2 Å². The summed E-state index contributed by atoms with van der Waals surface area (Å²) in [6.07, 6.45) is 2.86. The topological polar surface area (TPSA) is 121 Å². The molecule has 2 heterocycles. The molecule has 0 spiro atoms. The fourth-order valence-electron chi connectivity index (χ4n) is 4.56. The van der Waals surface area contributed by atoms with E-state index in [0.717, 1.165) is 0 Å². The Morgan fingerprint density at radius 2 is 2.11 bits per heavy atom. The van der Waals surface area contributed by atoms with Gasteiger partial charge in [-0.2, -0.15) is 0 Å². The lowest BCUT2D eigenvalue weighted by molar-refractivity contribution is -0.145. The minimum atomic E-state index is -1.23. The molecule has 1 aliphatic rings. The van der Waals surface area contributed by atoms with Crippen molar-refractivity contribution in [1.82, 2.24) is 19.3 Å². The fourth-order valence-corrected chi connectivity index (χ4v) is 4.74. The Balaban J connectivity index is 1.50. The molecule has 2 atom stereocenters. The molecule has 1 amide bonds. The molecule has 1 aliphatic carbocycles. The Bertz CT molecular complexity index is 1290. The second-order valence-corrected chi connectivity index (χ2v) is 9.14. The van der Waals surface area contributed by atoms with Crippen LogP contribution < -0.4 is 10.1 Å². The molecule has 0 bridgehead atoms. The van der Waals surface area contributed by atoms with Crippen LogP contribution in [-0.4, -0.2) is 49.5 Å². The normalized spacial score (nSPS) is 19.3. The van der Waals surface area contributed by atoms with Crippen LogP contribution in [0.4, 0.5) is 10.1 Å². The van der Waals surface area contributed by atoms with Crippen LogP contribution >= 0.6 is 11.6 Å². The summed E-state index contributed by atoms with van der Waals surface area (Å²) in [6, 6.07) is 5.54. The van der Waals surface area contributed by atoms with Gasteiger partial charge in [-0.1, -0.05) is 11.6 Å². The number of hydrogen-bond acceptors (Lipinski definition) is 7. The first-order valence-electron chi connectivity index (χ1n) is 11.4. The molecule has 3 aromatic rings. The maximum atomic E-state index is 13.5. The van der Waals surface area contributed by atoms with Gasteiger partial charge in [-0.3, -0.25) is 9.48 Å². The smallest absolute Gasteiger partial charge is 0.344 e. The number of aryl methyl sites for hydroxylation is 2. The van der Waals surface area contributed by atoms with E-state index in [9.17, 15) is 19.1 Å². The number of esters is 1. The molecule has 1 aromatic carbocycles. The van der Waals surface area contributed by atoms with Crippen LogP contribution in [0.15, 0.2) is 30.6 Å². The maximum Gasteiger partial charge on any atom is 0.344 e. The zero-order valence-corrected chi connectivity index (χ0v) is 20.9. The molecule has 0 radical (unpaired) electrons. The number of nitrogens with zero attached hydrogens (tertiary/aromatic N) is 4. The number of anilines is 1. The first-order valence-corrected chi connectivity index (χ1v) is 11.8. The van der Waals surface area contributed by atoms with Crippen LogP contribution in [0.3, 0.4) is 0 Å². The van der Waals surface area contributed by atoms with Gasteiger partial charge in [0, 0.05) is 31.8 Å². The Morgan fingerprint density at radius 1 is 1.33 bits per heavy atom. The predicted octanol–water partition coefficient (Wildman–Crippen LogP) is 3.30. The lowest BCUT2D eigenvalue weighted by atomic mass is 9.94. The summed E-state index contributed by atoms with van der Waals surface area (Å²) < 4.78 is 26.9. The third-order valence-electron chi connectivity index (χ3n) is 6.21.